The molecule has 0 bridgehead atoms. The lowest BCUT2D eigenvalue weighted by Crippen LogP contribution is -2.54. The molecule has 2 unspecified atom stereocenters. The van der Waals surface area contributed by atoms with Crippen molar-refractivity contribution < 1.29 is 14.6 Å². The summed E-state index contributed by atoms with van der Waals surface area (Å²) in [6, 6.07) is 0. The molecular weight excluding hydrogens is 194 g/mol. The Balaban J connectivity index is 0.000000921. The summed E-state index contributed by atoms with van der Waals surface area (Å²) >= 11 is 0. The molecule has 0 radical (unpaired) electrons. The third-order valence-corrected chi connectivity index (χ3v) is 2.57. The largest absolute Gasteiger partial charge is 0.383 e. The molecule has 0 aromatic heterocycles. The molecule has 1 heterocycles. The molecule has 1 rings (SSSR count). The van der Waals surface area contributed by atoms with Crippen molar-refractivity contribution in [3.05, 3.63) is 13.2 Å². The van der Waals surface area contributed by atoms with Crippen LogP contribution in [0.15, 0.2) is 13.2 Å². The van der Waals surface area contributed by atoms with E-state index in [0.717, 1.165) is 6.42 Å². The van der Waals surface area contributed by atoms with Gasteiger partial charge in [0.1, 0.15) is 6.10 Å². The van der Waals surface area contributed by atoms with Gasteiger partial charge in [0, 0.05) is 13.2 Å². The van der Waals surface area contributed by atoms with Gasteiger partial charge in [0.15, 0.2) is 5.78 Å². The van der Waals surface area contributed by atoms with Crippen molar-refractivity contribution in [3.63, 3.8) is 0 Å². The first-order chi connectivity index (χ1) is 7.06. The summed E-state index contributed by atoms with van der Waals surface area (Å²) in [5, 5.41) is 9.61. The number of aliphatic hydroxyl groups excluding tert-OH is 1. The van der Waals surface area contributed by atoms with Crippen molar-refractivity contribution in [1.29, 1.82) is 0 Å². The Morgan fingerprint density at radius 1 is 1.47 bits per heavy atom. The fraction of sp³-hybridized carbons (Fsp3) is 0.727. The van der Waals surface area contributed by atoms with E-state index in [1.807, 2.05) is 0 Å². The second-order valence-corrected chi connectivity index (χ2v) is 3.71. The SMILES string of the molecule is C=C.CC(=O)C(O)C1(N)CCCOCC1. The Bertz CT molecular complexity index is 198. The Kier molecular flexibility index (Phi) is 6.40. The van der Waals surface area contributed by atoms with E-state index in [4.69, 9.17) is 10.5 Å². The number of nitrogens with two attached hydrogens (primary N) is 1. The van der Waals surface area contributed by atoms with Gasteiger partial charge in [0.05, 0.1) is 5.54 Å². The van der Waals surface area contributed by atoms with Crippen LogP contribution in [0.1, 0.15) is 26.2 Å². The Morgan fingerprint density at radius 3 is 2.60 bits per heavy atom. The maximum absolute atomic E-state index is 11.0. The first-order valence-electron chi connectivity index (χ1n) is 5.11. The number of ketones is 1. The second-order valence-electron chi connectivity index (χ2n) is 3.71. The summed E-state index contributed by atoms with van der Waals surface area (Å²) < 4.78 is 5.22. The van der Waals surface area contributed by atoms with Crippen LogP contribution in [0.2, 0.25) is 0 Å². The third kappa shape index (κ3) is 4.11. The average Bonchev–Trinajstić information content (AvgIpc) is 2.46. The molecule has 1 saturated heterocycles. The van der Waals surface area contributed by atoms with Crippen LogP contribution >= 0.6 is 0 Å². The molecule has 0 saturated carbocycles. The first kappa shape index (κ1) is 14.3. The highest BCUT2D eigenvalue weighted by atomic mass is 16.5. The van der Waals surface area contributed by atoms with E-state index in [2.05, 4.69) is 13.2 Å². The molecule has 0 aromatic carbocycles. The molecule has 3 N–H and O–H groups in total. The van der Waals surface area contributed by atoms with Gasteiger partial charge in [-0.1, -0.05) is 0 Å². The molecule has 1 fully saturated rings. The van der Waals surface area contributed by atoms with E-state index < -0.39 is 11.6 Å². The number of Topliss-reactive ketones (excluding diaryl/α,β-unsaturated/α-hetero) is 1. The number of carbonyl (C=O) groups is 1. The van der Waals surface area contributed by atoms with E-state index in [-0.39, 0.29) is 5.78 Å². The minimum Gasteiger partial charge on any atom is -0.383 e. The molecule has 88 valence electrons. The van der Waals surface area contributed by atoms with Crippen molar-refractivity contribution in [3.8, 4) is 0 Å². The molecular formula is C11H21NO3. The minimum absolute atomic E-state index is 0.260. The predicted molar refractivity (Wildman–Crippen MR) is 59.5 cm³/mol. The van der Waals surface area contributed by atoms with Gasteiger partial charge in [0.25, 0.3) is 0 Å². The van der Waals surface area contributed by atoms with Gasteiger partial charge in [-0.15, -0.1) is 13.2 Å². The quantitative estimate of drug-likeness (QED) is 0.663. The molecule has 1 aliphatic heterocycles. The van der Waals surface area contributed by atoms with Gasteiger partial charge in [-0.25, -0.2) is 0 Å². The zero-order valence-corrected chi connectivity index (χ0v) is 9.37. The van der Waals surface area contributed by atoms with Crippen LogP contribution in [-0.4, -0.2) is 35.7 Å². The van der Waals surface area contributed by atoms with Crippen LogP contribution in [0.25, 0.3) is 0 Å². The van der Waals surface area contributed by atoms with Crippen LogP contribution in [-0.2, 0) is 9.53 Å². The van der Waals surface area contributed by atoms with Crippen LogP contribution in [0.3, 0.4) is 0 Å². The number of hydrogen-bond acceptors (Lipinski definition) is 4. The van der Waals surface area contributed by atoms with Crippen molar-refractivity contribution in [2.45, 2.75) is 37.8 Å². The van der Waals surface area contributed by atoms with E-state index >= 15 is 0 Å². The summed E-state index contributed by atoms with van der Waals surface area (Å²) in [6.07, 6.45) is 0.955. The molecule has 0 spiro atoms. The zero-order chi connectivity index (χ0) is 11.9. The predicted octanol–water partition coefficient (Wildman–Crippen LogP) is 0.636. The zero-order valence-electron chi connectivity index (χ0n) is 9.37. The molecule has 15 heavy (non-hydrogen) atoms. The number of aliphatic hydroxyl groups is 1. The van der Waals surface area contributed by atoms with Gasteiger partial charge < -0.3 is 15.6 Å². The highest BCUT2D eigenvalue weighted by Gasteiger charge is 2.36. The lowest BCUT2D eigenvalue weighted by atomic mass is 9.84. The molecule has 1 aliphatic rings. The molecule has 0 aromatic rings. The average molecular weight is 215 g/mol. The second kappa shape index (κ2) is 6.71. The summed E-state index contributed by atoms with van der Waals surface area (Å²) in [5.74, 6) is -0.260. The maximum Gasteiger partial charge on any atom is 0.160 e. The highest BCUT2D eigenvalue weighted by molar-refractivity contribution is 5.81. The summed E-state index contributed by atoms with van der Waals surface area (Å²) in [6.45, 7) is 8.56. The molecule has 4 nitrogen and oxygen atoms in total. The van der Waals surface area contributed by atoms with Crippen LogP contribution in [0.5, 0.6) is 0 Å². The number of carbonyl (C=O) groups excluding carboxylic acids is 1. The van der Waals surface area contributed by atoms with E-state index in [1.54, 1.807) is 0 Å². The topological polar surface area (TPSA) is 72.5 Å². The minimum atomic E-state index is -1.05. The van der Waals surface area contributed by atoms with Gasteiger partial charge >= 0.3 is 0 Å². The molecule has 2 atom stereocenters. The van der Waals surface area contributed by atoms with E-state index in [1.165, 1.54) is 6.92 Å². The monoisotopic (exact) mass is 215 g/mol. The fourth-order valence-corrected chi connectivity index (χ4v) is 1.67. The standard InChI is InChI=1S/C9H17NO3.C2H4/c1-7(11)8(12)9(10)3-2-5-13-6-4-9;1-2/h8,12H,2-6,10H2,1H3;1-2H2. The van der Waals surface area contributed by atoms with E-state index in [0.29, 0.717) is 26.1 Å². The number of ether oxygens (including phenoxy) is 1. The normalized spacial score (nSPS) is 28.2. The fourth-order valence-electron chi connectivity index (χ4n) is 1.67. The smallest absolute Gasteiger partial charge is 0.160 e. The molecule has 0 amide bonds. The molecule has 0 aliphatic carbocycles. The van der Waals surface area contributed by atoms with Crippen molar-refractivity contribution in [2.24, 2.45) is 5.73 Å². The van der Waals surface area contributed by atoms with Crippen molar-refractivity contribution >= 4 is 5.78 Å². The summed E-state index contributed by atoms with van der Waals surface area (Å²) in [5.41, 5.74) is 5.18. The first-order valence-corrected chi connectivity index (χ1v) is 5.11. The van der Waals surface area contributed by atoms with Crippen molar-refractivity contribution in [1.82, 2.24) is 0 Å². The Labute approximate surface area is 91.1 Å². The van der Waals surface area contributed by atoms with E-state index in [9.17, 15) is 9.90 Å². The Hall–Kier alpha value is -0.710. The van der Waals surface area contributed by atoms with Gasteiger partial charge in [0.2, 0.25) is 0 Å². The third-order valence-electron chi connectivity index (χ3n) is 2.57. The van der Waals surface area contributed by atoms with Crippen LogP contribution in [0.4, 0.5) is 0 Å². The Morgan fingerprint density at radius 2 is 2.07 bits per heavy atom. The highest BCUT2D eigenvalue weighted by Crippen LogP contribution is 2.22. The lowest BCUT2D eigenvalue weighted by molar-refractivity contribution is -0.128. The summed E-state index contributed by atoms with van der Waals surface area (Å²) in [4.78, 5) is 11.0. The van der Waals surface area contributed by atoms with Crippen molar-refractivity contribution in [2.75, 3.05) is 13.2 Å². The van der Waals surface area contributed by atoms with Gasteiger partial charge in [-0.2, -0.15) is 0 Å². The van der Waals surface area contributed by atoms with Gasteiger partial charge in [-0.3, -0.25) is 4.79 Å². The van der Waals surface area contributed by atoms with Gasteiger partial charge in [-0.05, 0) is 26.2 Å². The van der Waals surface area contributed by atoms with Crippen LogP contribution in [0, 0.1) is 0 Å². The number of hydrogen-bond donors (Lipinski definition) is 2. The lowest BCUT2D eigenvalue weighted by Gasteiger charge is -2.31. The summed E-state index contributed by atoms with van der Waals surface area (Å²) in [7, 11) is 0. The molecule has 4 heteroatoms. The van der Waals surface area contributed by atoms with Crippen LogP contribution < -0.4 is 5.73 Å². The maximum atomic E-state index is 11.0. The number of rotatable bonds is 2.